The molecule has 0 bridgehead atoms. The van der Waals surface area contributed by atoms with Gasteiger partial charge in [-0.15, -0.1) is 0 Å². The Labute approximate surface area is 184 Å². The van der Waals surface area contributed by atoms with Crippen LogP contribution in [0, 0.1) is 25.7 Å². The normalized spacial score (nSPS) is 19.1. The van der Waals surface area contributed by atoms with Gasteiger partial charge < -0.3 is 4.74 Å². The van der Waals surface area contributed by atoms with Crippen LogP contribution in [0.5, 0.6) is 5.75 Å². The van der Waals surface area contributed by atoms with Crippen molar-refractivity contribution in [2.45, 2.75) is 61.1 Å². The van der Waals surface area contributed by atoms with Crippen molar-refractivity contribution in [2.75, 3.05) is 6.61 Å². The summed E-state index contributed by atoms with van der Waals surface area (Å²) in [6.07, 6.45) is 5.31. The van der Waals surface area contributed by atoms with Crippen LogP contribution >= 0.6 is 0 Å². The number of aryl methyl sites for hydroxylation is 2. The number of ether oxygens (including phenoxy) is 1. The van der Waals surface area contributed by atoms with Crippen molar-refractivity contribution in [3.8, 4) is 5.75 Å². The molecule has 1 nitrogen and oxygen atoms in total. The molecule has 30 heavy (non-hydrogen) atoms. The fourth-order valence-electron chi connectivity index (χ4n) is 4.47. The Kier molecular flexibility index (Phi) is 6.84. The van der Waals surface area contributed by atoms with E-state index in [2.05, 4.69) is 93.6 Å². The highest BCUT2D eigenvalue weighted by Crippen LogP contribution is 2.36. The molecule has 2 heteroatoms. The predicted molar refractivity (Wildman–Crippen MR) is 128 cm³/mol. The first kappa shape index (κ1) is 21.1. The summed E-state index contributed by atoms with van der Waals surface area (Å²) >= 11 is 0. The molecule has 0 radical (unpaired) electrons. The third-order valence-electron chi connectivity index (χ3n) is 6.23. The molecule has 0 amide bonds. The minimum atomic E-state index is -0.111. The molecule has 1 aliphatic carbocycles. The Balaban J connectivity index is 1.60. The Bertz CT molecular complexity index is 880. The van der Waals surface area contributed by atoms with Crippen LogP contribution in [0.1, 0.15) is 43.7 Å². The van der Waals surface area contributed by atoms with E-state index in [1.165, 1.54) is 51.5 Å². The van der Waals surface area contributed by atoms with E-state index in [9.17, 15) is 0 Å². The number of hydrogen-bond acceptors (Lipinski definition) is 1. The Hall–Kier alpha value is -2.19. The monoisotopic (exact) mass is 417 g/mol. The molecule has 0 atom stereocenters. The molecule has 0 N–H and O–H groups in total. The molecule has 0 heterocycles. The second-order valence-electron chi connectivity index (χ2n) is 8.76. The quantitative estimate of drug-likeness (QED) is 0.375. The molecule has 0 unspecified atom stereocenters. The molecule has 0 saturated heterocycles. The van der Waals surface area contributed by atoms with Crippen LogP contribution in [0.4, 0.5) is 0 Å². The van der Waals surface area contributed by atoms with E-state index in [4.69, 9.17) is 4.74 Å². The fraction of sp³-hybridized carbons (Fsp3) is 0.357. The van der Waals surface area contributed by atoms with Gasteiger partial charge in [0.2, 0.25) is 0 Å². The molecule has 0 aromatic heterocycles. The molecule has 1 aliphatic rings. The largest absolute Gasteiger partial charge is 0.493 e. The van der Waals surface area contributed by atoms with E-state index in [1.807, 2.05) is 0 Å². The lowest BCUT2D eigenvalue weighted by molar-refractivity contribution is 0.186. The van der Waals surface area contributed by atoms with E-state index >= 15 is 0 Å². The highest BCUT2D eigenvalue weighted by molar-refractivity contribution is 7.97. The van der Waals surface area contributed by atoms with Gasteiger partial charge in [-0.05, 0) is 73.9 Å². The Morgan fingerprint density at radius 1 is 0.733 bits per heavy atom. The molecule has 1 fully saturated rings. The highest BCUT2D eigenvalue weighted by Gasteiger charge is 2.29. The van der Waals surface area contributed by atoms with Crippen molar-refractivity contribution in [3.63, 3.8) is 0 Å². The van der Waals surface area contributed by atoms with Gasteiger partial charge >= 0.3 is 0 Å². The zero-order chi connectivity index (χ0) is 20.9. The molecule has 3 aromatic carbocycles. The Morgan fingerprint density at radius 2 is 1.23 bits per heavy atom. The summed E-state index contributed by atoms with van der Waals surface area (Å²) in [6.45, 7) is 7.64. The average molecular weight is 418 g/mol. The first-order valence-electron chi connectivity index (χ1n) is 11.2. The number of benzene rings is 3. The summed E-state index contributed by atoms with van der Waals surface area (Å²) < 4.78 is 6.39. The van der Waals surface area contributed by atoms with Crippen molar-refractivity contribution >= 4 is 10.9 Å². The minimum absolute atomic E-state index is 0.111. The van der Waals surface area contributed by atoms with Crippen LogP contribution in [0.2, 0.25) is 0 Å². The average Bonchev–Trinajstić information content (AvgIpc) is 2.76. The summed E-state index contributed by atoms with van der Waals surface area (Å²) in [5.41, 5.74) is 2.50. The van der Waals surface area contributed by atoms with Crippen molar-refractivity contribution in [3.05, 3.63) is 83.9 Å². The Morgan fingerprint density at radius 3 is 1.73 bits per heavy atom. The highest BCUT2D eigenvalue weighted by atomic mass is 32.2. The lowest BCUT2D eigenvalue weighted by Gasteiger charge is -2.26. The molecule has 4 rings (SSSR count). The van der Waals surface area contributed by atoms with Gasteiger partial charge in [-0.2, -0.15) is 0 Å². The second kappa shape index (κ2) is 9.75. The zero-order valence-corrected chi connectivity index (χ0v) is 19.3. The maximum atomic E-state index is 6.39. The lowest BCUT2D eigenvalue weighted by Crippen LogP contribution is -2.19. The van der Waals surface area contributed by atoms with Crippen LogP contribution < -0.4 is 4.74 Å². The molecule has 156 valence electrons. The van der Waals surface area contributed by atoms with Gasteiger partial charge in [-0.25, -0.2) is 0 Å². The van der Waals surface area contributed by atoms with Crippen LogP contribution in [0.15, 0.2) is 87.5 Å². The molecule has 0 spiro atoms. The van der Waals surface area contributed by atoms with Crippen LogP contribution in [0.3, 0.4) is 0 Å². The standard InChI is InChI=1S/C28H33OS/c1-21-14-16-24(17-15-21)20-29-28-22(2)18-27(19-23(28)3)30(25-10-6-4-7-11-25)26-12-8-5-9-13-26/h4-13,18-19,21,24H,14-17,20H2,1-3H3/q+1. The molecule has 1 saturated carbocycles. The third kappa shape index (κ3) is 4.92. The van der Waals surface area contributed by atoms with Crippen molar-refractivity contribution in [2.24, 2.45) is 11.8 Å². The molecular formula is C28H33OS+. The summed E-state index contributed by atoms with van der Waals surface area (Å²) in [5.74, 6) is 2.68. The van der Waals surface area contributed by atoms with Crippen LogP contribution in [-0.2, 0) is 10.9 Å². The topological polar surface area (TPSA) is 9.23 Å². The van der Waals surface area contributed by atoms with E-state index in [1.54, 1.807) is 0 Å². The van der Waals surface area contributed by atoms with Crippen molar-refractivity contribution < 1.29 is 4.74 Å². The van der Waals surface area contributed by atoms with E-state index in [0.717, 1.165) is 18.3 Å². The van der Waals surface area contributed by atoms with E-state index < -0.39 is 0 Å². The SMILES string of the molecule is Cc1cc([S+](c2ccccc2)c2ccccc2)cc(C)c1OCC1CCC(C)CC1. The molecule has 3 aromatic rings. The van der Waals surface area contributed by atoms with Crippen LogP contribution in [-0.4, -0.2) is 6.61 Å². The summed E-state index contributed by atoms with van der Waals surface area (Å²) in [4.78, 5) is 4.07. The zero-order valence-electron chi connectivity index (χ0n) is 18.4. The van der Waals surface area contributed by atoms with Gasteiger partial charge in [0.05, 0.1) is 17.5 Å². The van der Waals surface area contributed by atoms with Gasteiger partial charge in [0.25, 0.3) is 0 Å². The predicted octanol–water partition coefficient (Wildman–Crippen LogP) is 7.60. The lowest BCUT2D eigenvalue weighted by atomic mass is 9.83. The summed E-state index contributed by atoms with van der Waals surface area (Å²) in [7, 11) is -0.111. The van der Waals surface area contributed by atoms with Gasteiger partial charge in [-0.3, -0.25) is 0 Å². The maximum Gasteiger partial charge on any atom is 0.167 e. The number of rotatable bonds is 6. The second-order valence-corrected chi connectivity index (χ2v) is 10.8. The third-order valence-corrected chi connectivity index (χ3v) is 8.42. The fourth-order valence-corrected chi connectivity index (χ4v) is 6.74. The van der Waals surface area contributed by atoms with Gasteiger partial charge in [0.15, 0.2) is 14.7 Å². The van der Waals surface area contributed by atoms with E-state index in [0.29, 0.717) is 5.92 Å². The summed E-state index contributed by atoms with van der Waals surface area (Å²) in [5, 5.41) is 0. The smallest absolute Gasteiger partial charge is 0.167 e. The summed E-state index contributed by atoms with van der Waals surface area (Å²) in [6, 6.07) is 26.4. The first-order valence-corrected chi connectivity index (χ1v) is 12.4. The van der Waals surface area contributed by atoms with Gasteiger partial charge in [-0.1, -0.05) is 56.2 Å². The van der Waals surface area contributed by atoms with Crippen LogP contribution in [0.25, 0.3) is 0 Å². The maximum absolute atomic E-state index is 6.39. The molecule has 0 aliphatic heterocycles. The van der Waals surface area contributed by atoms with E-state index in [-0.39, 0.29) is 10.9 Å². The van der Waals surface area contributed by atoms with Crippen molar-refractivity contribution in [1.82, 2.24) is 0 Å². The minimum Gasteiger partial charge on any atom is -0.493 e. The first-order chi connectivity index (χ1) is 14.6. The molecular weight excluding hydrogens is 384 g/mol. The van der Waals surface area contributed by atoms with Gasteiger partial charge in [0, 0.05) is 12.1 Å². The van der Waals surface area contributed by atoms with Crippen molar-refractivity contribution in [1.29, 1.82) is 0 Å². The van der Waals surface area contributed by atoms with Gasteiger partial charge in [0.1, 0.15) is 5.75 Å². The number of hydrogen-bond donors (Lipinski definition) is 0.